The number of hydrogen-bond acceptors (Lipinski definition) is 5. The van der Waals surface area contributed by atoms with E-state index in [2.05, 4.69) is 5.32 Å². The molecule has 0 spiro atoms. The van der Waals surface area contributed by atoms with Gasteiger partial charge in [0.25, 0.3) is 5.91 Å². The lowest BCUT2D eigenvalue weighted by atomic mass is 10.1. The molecule has 0 aromatic heterocycles. The van der Waals surface area contributed by atoms with Crippen molar-refractivity contribution in [2.24, 2.45) is 0 Å². The Balaban J connectivity index is 1.67. The minimum atomic E-state index is -0.586. The second-order valence-electron chi connectivity index (χ2n) is 6.48. The number of aliphatic hydroxyl groups excluding tert-OH is 1. The van der Waals surface area contributed by atoms with Crippen molar-refractivity contribution >= 4 is 23.2 Å². The number of rotatable bonds is 8. The van der Waals surface area contributed by atoms with Crippen molar-refractivity contribution in [3.8, 4) is 5.75 Å². The van der Waals surface area contributed by atoms with Gasteiger partial charge in [-0.3, -0.25) is 9.59 Å². The molecule has 1 aliphatic rings. The zero-order valence-corrected chi connectivity index (χ0v) is 15.4. The molecule has 0 radical (unpaired) electrons. The summed E-state index contributed by atoms with van der Waals surface area (Å²) < 4.78 is 5.54. The molecule has 27 heavy (non-hydrogen) atoms. The van der Waals surface area contributed by atoms with Crippen molar-refractivity contribution in [2.75, 3.05) is 23.4 Å². The Morgan fingerprint density at radius 3 is 2.44 bits per heavy atom. The third-order valence-electron chi connectivity index (χ3n) is 4.41. The van der Waals surface area contributed by atoms with Crippen LogP contribution in [0.1, 0.15) is 25.3 Å². The van der Waals surface area contributed by atoms with Crippen LogP contribution in [0.5, 0.6) is 5.75 Å². The second kappa shape index (κ2) is 8.68. The predicted molar refractivity (Wildman–Crippen MR) is 104 cm³/mol. The minimum Gasteiger partial charge on any atom is -0.494 e. The molecule has 2 aromatic carbocycles. The zero-order chi connectivity index (χ0) is 19.2. The highest BCUT2D eigenvalue weighted by Gasteiger charge is 2.39. The molecule has 2 amide bonds. The molecule has 1 heterocycles. The van der Waals surface area contributed by atoms with Crippen LogP contribution in [0.2, 0.25) is 0 Å². The molecule has 2 N–H and O–H groups in total. The maximum atomic E-state index is 12.7. The van der Waals surface area contributed by atoms with Gasteiger partial charge in [-0.15, -0.1) is 0 Å². The van der Waals surface area contributed by atoms with E-state index in [1.165, 1.54) is 4.90 Å². The number of ether oxygens (including phenoxy) is 1. The van der Waals surface area contributed by atoms with Gasteiger partial charge < -0.3 is 15.2 Å². The molecule has 0 aliphatic carbocycles. The minimum absolute atomic E-state index is 0.0968. The van der Waals surface area contributed by atoms with Crippen molar-refractivity contribution in [3.05, 3.63) is 54.1 Å². The van der Waals surface area contributed by atoms with Gasteiger partial charge in [0.2, 0.25) is 5.91 Å². The van der Waals surface area contributed by atoms with Crippen LogP contribution in [0.25, 0.3) is 0 Å². The molecule has 0 unspecified atom stereocenters. The van der Waals surface area contributed by atoms with E-state index in [9.17, 15) is 9.59 Å². The number of nitrogens with zero attached hydrogens (tertiary/aromatic N) is 1. The summed E-state index contributed by atoms with van der Waals surface area (Å²) in [7, 11) is 0. The average molecular weight is 368 g/mol. The highest BCUT2D eigenvalue weighted by Crippen LogP contribution is 2.27. The summed E-state index contributed by atoms with van der Waals surface area (Å²) in [6, 6.07) is 13.9. The maximum Gasteiger partial charge on any atom is 0.256 e. The quantitative estimate of drug-likeness (QED) is 0.701. The molecular weight excluding hydrogens is 344 g/mol. The lowest BCUT2D eigenvalue weighted by Gasteiger charge is -2.17. The number of amides is 2. The second-order valence-corrected chi connectivity index (χ2v) is 6.48. The smallest absolute Gasteiger partial charge is 0.256 e. The number of nitrogens with one attached hydrogen (secondary N) is 1. The van der Waals surface area contributed by atoms with Gasteiger partial charge in [0.1, 0.15) is 11.8 Å². The van der Waals surface area contributed by atoms with Gasteiger partial charge in [-0.25, -0.2) is 4.90 Å². The van der Waals surface area contributed by atoms with Crippen LogP contribution in [-0.2, 0) is 16.0 Å². The first kappa shape index (κ1) is 18.9. The first-order chi connectivity index (χ1) is 13.1. The summed E-state index contributed by atoms with van der Waals surface area (Å²) in [5, 5.41) is 12.1. The Bertz CT molecular complexity index is 787. The molecular formula is C21H24N2O4. The molecule has 142 valence electrons. The summed E-state index contributed by atoms with van der Waals surface area (Å²) in [5.41, 5.74) is 2.34. The Morgan fingerprint density at radius 2 is 1.81 bits per heavy atom. The SMILES string of the molecule is CCCOc1ccc(N2C(=O)C[C@@H](Nc3ccc(CCO)cc3)C2=O)cc1. The van der Waals surface area contributed by atoms with E-state index in [1.54, 1.807) is 24.3 Å². The van der Waals surface area contributed by atoms with Crippen molar-refractivity contribution in [1.82, 2.24) is 0 Å². The van der Waals surface area contributed by atoms with E-state index >= 15 is 0 Å². The average Bonchev–Trinajstić information content (AvgIpc) is 2.95. The number of carbonyl (C=O) groups is 2. The fraction of sp³-hybridized carbons (Fsp3) is 0.333. The van der Waals surface area contributed by atoms with E-state index < -0.39 is 6.04 Å². The third kappa shape index (κ3) is 4.46. The van der Waals surface area contributed by atoms with Crippen molar-refractivity contribution in [1.29, 1.82) is 0 Å². The number of anilines is 2. The van der Waals surface area contributed by atoms with Crippen LogP contribution >= 0.6 is 0 Å². The molecule has 6 heteroatoms. The van der Waals surface area contributed by atoms with Gasteiger partial charge >= 0.3 is 0 Å². The van der Waals surface area contributed by atoms with Crippen molar-refractivity contribution in [2.45, 2.75) is 32.2 Å². The largest absolute Gasteiger partial charge is 0.494 e. The highest BCUT2D eigenvalue weighted by atomic mass is 16.5. The molecule has 0 saturated carbocycles. The van der Waals surface area contributed by atoms with E-state index in [0.717, 1.165) is 23.4 Å². The summed E-state index contributed by atoms with van der Waals surface area (Å²) in [6.07, 6.45) is 1.62. The van der Waals surface area contributed by atoms with Crippen LogP contribution < -0.4 is 15.0 Å². The van der Waals surface area contributed by atoms with Crippen LogP contribution in [0.15, 0.2) is 48.5 Å². The molecule has 1 saturated heterocycles. The number of carbonyl (C=O) groups excluding carboxylic acids is 2. The van der Waals surface area contributed by atoms with Crippen LogP contribution in [0.3, 0.4) is 0 Å². The molecule has 1 atom stereocenters. The van der Waals surface area contributed by atoms with Gasteiger partial charge in [-0.05, 0) is 54.8 Å². The molecule has 0 bridgehead atoms. The van der Waals surface area contributed by atoms with E-state index in [1.807, 2.05) is 31.2 Å². The van der Waals surface area contributed by atoms with Gasteiger partial charge in [-0.2, -0.15) is 0 Å². The fourth-order valence-corrected chi connectivity index (χ4v) is 3.03. The van der Waals surface area contributed by atoms with Gasteiger partial charge in [0, 0.05) is 12.3 Å². The van der Waals surface area contributed by atoms with Gasteiger partial charge in [0.05, 0.1) is 18.7 Å². The Morgan fingerprint density at radius 1 is 1.11 bits per heavy atom. The topological polar surface area (TPSA) is 78.9 Å². The Kier molecular flexibility index (Phi) is 6.08. The fourth-order valence-electron chi connectivity index (χ4n) is 3.03. The van der Waals surface area contributed by atoms with Crippen LogP contribution in [0, 0.1) is 0 Å². The Labute approximate surface area is 158 Å². The first-order valence-electron chi connectivity index (χ1n) is 9.18. The first-order valence-corrected chi connectivity index (χ1v) is 9.18. The van der Waals surface area contributed by atoms with Gasteiger partial charge in [-0.1, -0.05) is 19.1 Å². The molecule has 1 fully saturated rings. The van der Waals surface area contributed by atoms with E-state index in [4.69, 9.17) is 9.84 Å². The van der Waals surface area contributed by atoms with Crippen molar-refractivity contribution in [3.63, 3.8) is 0 Å². The number of hydrogen-bond donors (Lipinski definition) is 2. The van der Waals surface area contributed by atoms with E-state index in [-0.39, 0.29) is 24.8 Å². The normalized spacial score (nSPS) is 16.7. The van der Waals surface area contributed by atoms with Crippen LogP contribution in [-0.4, -0.2) is 36.2 Å². The Hall–Kier alpha value is -2.86. The summed E-state index contributed by atoms with van der Waals surface area (Å²) in [4.78, 5) is 26.3. The summed E-state index contributed by atoms with van der Waals surface area (Å²) >= 11 is 0. The van der Waals surface area contributed by atoms with Crippen molar-refractivity contribution < 1.29 is 19.4 Å². The monoisotopic (exact) mass is 368 g/mol. The van der Waals surface area contributed by atoms with Gasteiger partial charge in [0.15, 0.2) is 0 Å². The van der Waals surface area contributed by atoms with E-state index in [0.29, 0.717) is 18.7 Å². The maximum absolute atomic E-state index is 12.7. The number of aliphatic hydroxyl groups is 1. The molecule has 6 nitrogen and oxygen atoms in total. The zero-order valence-electron chi connectivity index (χ0n) is 15.4. The molecule has 3 rings (SSSR count). The standard InChI is InChI=1S/C21H24N2O4/c1-2-13-27-18-9-7-17(8-10-18)23-20(25)14-19(21(23)26)22-16-5-3-15(4-6-16)11-12-24/h3-10,19,22,24H,2,11-14H2,1H3/t19-/m1/s1. The summed E-state index contributed by atoms with van der Waals surface area (Å²) in [5.74, 6) is 0.232. The highest BCUT2D eigenvalue weighted by molar-refractivity contribution is 6.23. The van der Waals surface area contributed by atoms with Crippen LogP contribution in [0.4, 0.5) is 11.4 Å². The summed E-state index contributed by atoms with van der Waals surface area (Å²) in [6.45, 7) is 2.76. The predicted octanol–water partition coefficient (Wildman–Crippen LogP) is 2.75. The third-order valence-corrected chi connectivity index (χ3v) is 4.41. The number of imide groups is 1. The lowest BCUT2D eigenvalue weighted by Crippen LogP contribution is -2.34. The number of benzene rings is 2. The molecule has 2 aromatic rings. The molecule has 1 aliphatic heterocycles. The lowest BCUT2D eigenvalue weighted by molar-refractivity contribution is -0.121.